The number of hydrogen-bond acceptors (Lipinski definition) is 11. The summed E-state index contributed by atoms with van der Waals surface area (Å²) in [5, 5.41) is 1.64. The molecule has 5 aromatic rings. The molecule has 39 heavy (non-hydrogen) atoms. The zero-order chi connectivity index (χ0) is 26.8. The molecule has 3 aromatic heterocycles. The first kappa shape index (κ1) is 25.3. The van der Waals surface area contributed by atoms with Crippen molar-refractivity contribution in [3.63, 3.8) is 0 Å². The maximum atomic E-state index is 11.9. The summed E-state index contributed by atoms with van der Waals surface area (Å²) < 4.78 is 12.3. The number of esters is 1. The summed E-state index contributed by atoms with van der Waals surface area (Å²) in [4.78, 5) is 37.7. The number of carbonyl (C=O) groups is 1. The van der Waals surface area contributed by atoms with E-state index >= 15 is 0 Å². The van der Waals surface area contributed by atoms with Crippen LogP contribution in [0.3, 0.4) is 0 Å². The summed E-state index contributed by atoms with van der Waals surface area (Å²) in [6.45, 7) is 0.956. The fourth-order valence-electron chi connectivity index (χ4n) is 4.35. The zero-order valence-electron chi connectivity index (χ0n) is 21.1. The van der Waals surface area contributed by atoms with Crippen LogP contribution in [-0.4, -0.2) is 56.4 Å². The topological polar surface area (TPSA) is 108 Å². The second-order valence-electron chi connectivity index (χ2n) is 8.64. The summed E-state index contributed by atoms with van der Waals surface area (Å²) >= 11 is 3.15. The predicted octanol–water partition coefficient (Wildman–Crippen LogP) is 4.95. The summed E-state index contributed by atoms with van der Waals surface area (Å²) in [5.74, 6) is 1.06. The minimum absolute atomic E-state index is 0.353. The van der Waals surface area contributed by atoms with E-state index in [1.807, 2.05) is 27.7 Å². The Labute approximate surface area is 232 Å². The van der Waals surface area contributed by atoms with Gasteiger partial charge < -0.3 is 14.0 Å². The molecule has 0 atom stereocenters. The van der Waals surface area contributed by atoms with Gasteiger partial charge in [0.2, 0.25) is 0 Å². The molecule has 0 N–H and O–H groups in total. The number of ether oxygens (including phenoxy) is 2. The maximum Gasteiger partial charge on any atom is 0.337 e. The van der Waals surface area contributed by atoms with Gasteiger partial charge in [-0.05, 0) is 35.4 Å². The smallest absolute Gasteiger partial charge is 0.337 e. The fourth-order valence-corrected chi connectivity index (χ4v) is 6.22. The number of benzene rings is 2. The summed E-state index contributed by atoms with van der Waals surface area (Å²) in [7, 11) is 3.05. The van der Waals surface area contributed by atoms with E-state index in [1.54, 1.807) is 61.7 Å². The zero-order valence-corrected chi connectivity index (χ0v) is 22.8. The quantitative estimate of drug-likeness (QED) is 0.147. The molecular formula is C27H23N7O3S2. The molecule has 6 rings (SSSR count). The average Bonchev–Trinajstić information content (AvgIpc) is 3.39. The molecule has 0 radical (unpaired) electrons. The summed E-state index contributed by atoms with van der Waals surface area (Å²) in [6.07, 6.45) is 6.75. The lowest BCUT2D eigenvalue weighted by Gasteiger charge is -2.30. The molecule has 0 saturated heterocycles. The van der Waals surface area contributed by atoms with Gasteiger partial charge in [-0.1, -0.05) is 41.7 Å². The Morgan fingerprint density at radius 3 is 2.77 bits per heavy atom. The first-order chi connectivity index (χ1) is 19.1. The number of hydrogen-bond donors (Lipinski definition) is 0. The number of thioether (sulfide) groups is 1. The van der Waals surface area contributed by atoms with E-state index < -0.39 is 0 Å². The highest BCUT2D eigenvalue weighted by atomic mass is 32.2. The second kappa shape index (κ2) is 11.0. The van der Waals surface area contributed by atoms with Crippen molar-refractivity contribution in [3.05, 3.63) is 84.2 Å². The predicted molar refractivity (Wildman–Crippen MR) is 148 cm³/mol. The third-order valence-corrected chi connectivity index (χ3v) is 8.22. The van der Waals surface area contributed by atoms with Crippen LogP contribution in [0, 0.1) is 0 Å². The van der Waals surface area contributed by atoms with Crippen LogP contribution in [-0.2, 0) is 21.8 Å². The van der Waals surface area contributed by atoms with E-state index in [-0.39, 0.29) is 5.97 Å². The van der Waals surface area contributed by atoms with Gasteiger partial charge in [-0.25, -0.2) is 29.7 Å². The van der Waals surface area contributed by atoms with Crippen LogP contribution in [0.25, 0.3) is 11.2 Å². The summed E-state index contributed by atoms with van der Waals surface area (Å²) in [6, 6.07) is 13.8. The van der Waals surface area contributed by atoms with Gasteiger partial charge in [0.1, 0.15) is 28.6 Å². The third-order valence-electron chi connectivity index (χ3n) is 6.13. The van der Waals surface area contributed by atoms with Crippen LogP contribution >= 0.6 is 23.5 Å². The van der Waals surface area contributed by atoms with Crippen molar-refractivity contribution in [2.75, 3.05) is 25.9 Å². The molecule has 196 valence electrons. The van der Waals surface area contributed by atoms with Crippen molar-refractivity contribution in [2.45, 2.75) is 27.2 Å². The van der Waals surface area contributed by atoms with Gasteiger partial charge in [0.15, 0.2) is 11.5 Å². The number of rotatable bonds is 8. The number of imidazole rings is 1. The minimum Gasteiger partial charge on any atom is -0.465 e. The molecule has 10 nitrogen and oxygen atoms in total. The normalized spacial score (nSPS) is 12.3. The van der Waals surface area contributed by atoms with Crippen LogP contribution in [0.15, 0.2) is 82.5 Å². The van der Waals surface area contributed by atoms with E-state index in [4.69, 9.17) is 9.47 Å². The summed E-state index contributed by atoms with van der Waals surface area (Å²) in [5.41, 5.74) is 5.13. The van der Waals surface area contributed by atoms with Gasteiger partial charge >= 0.3 is 5.97 Å². The molecule has 12 heteroatoms. The van der Waals surface area contributed by atoms with Crippen molar-refractivity contribution in [1.82, 2.24) is 29.5 Å². The van der Waals surface area contributed by atoms with Crippen LogP contribution in [0.1, 0.15) is 21.5 Å². The fraction of sp³-hybridized carbons (Fsp3) is 0.185. The Hall–Kier alpha value is -4.00. The Balaban J connectivity index is 1.24. The van der Waals surface area contributed by atoms with Crippen molar-refractivity contribution in [1.29, 1.82) is 0 Å². The van der Waals surface area contributed by atoms with E-state index in [0.29, 0.717) is 24.6 Å². The van der Waals surface area contributed by atoms with E-state index in [2.05, 4.69) is 43.1 Å². The van der Waals surface area contributed by atoms with Crippen LogP contribution in [0.5, 0.6) is 0 Å². The highest BCUT2D eigenvalue weighted by Gasteiger charge is 2.26. The van der Waals surface area contributed by atoms with E-state index in [1.165, 1.54) is 7.11 Å². The van der Waals surface area contributed by atoms with Gasteiger partial charge in [-0.15, -0.1) is 0 Å². The molecule has 0 bridgehead atoms. The van der Waals surface area contributed by atoms with Gasteiger partial charge in [0.25, 0.3) is 0 Å². The van der Waals surface area contributed by atoms with Crippen molar-refractivity contribution in [3.8, 4) is 0 Å². The molecule has 0 spiro atoms. The lowest BCUT2D eigenvalue weighted by atomic mass is 10.1. The van der Waals surface area contributed by atoms with E-state index in [0.717, 1.165) is 48.7 Å². The molecule has 1 aliphatic rings. The lowest BCUT2D eigenvalue weighted by Crippen LogP contribution is -2.24. The number of nitrogens with zero attached hydrogens (tertiary/aromatic N) is 7. The van der Waals surface area contributed by atoms with Crippen LogP contribution in [0.4, 0.5) is 11.5 Å². The molecule has 4 heterocycles. The standard InChI is InChI=1S/C27H23N7O3S2/c1-36-16-34-20-11-17(6-7-21(20)39-26-24(34)28-8-9-29-26)12-33-15-32-22-23(33)30-14-31-25(22)38-13-18-4-3-5-19(10-18)27(35)37-2/h3-11,14-15H,12-13,16H2,1-2H3. The number of fused-ring (bicyclic) bond motifs is 3. The molecule has 0 unspecified atom stereocenters. The third kappa shape index (κ3) is 5.05. The highest BCUT2D eigenvalue weighted by Crippen LogP contribution is 2.46. The van der Waals surface area contributed by atoms with Crippen LogP contribution < -0.4 is 4.90 Å². The number of aromatic nitrogens is 6. The Bertz CT molecular complexity index is 1680. The monoisotopic (exact) mass is 557 g/mol. The molecule has 0 saturated carbocycles. The largest absolute Gasteiger partial charge is 0.465 e. The van der Waals surface area contributed by atoms with E-state index in [9.17, 15) is 4.79 Å². The molecule has 1 aliphatic heterocycles. The van der Waals surface area contributed by atoms with Gasteiger partial charge in [-0.2, -0.15) is 0 Å². The molecule has 0 fully saturated rings. The Kier molecular flexibility index (Phi) is 7.14. The van der Waals surface area contributed by atoms with Crippen LogP contribution in [0.2, 0.25) is 0 Å². The highest BCUT2D eigenvalue weighted by molar-refractivity contribution is 7.99. The molecule has 0 aliphatic carbocycles. The SMILES string of the molecule is COCN1c2cc(Cn3cnc4c(SCc5cccc(C(=O)OC)c5)ncnc43)ccc2Sc2nccnc21. The lowest BCUT2D eigenvalue weighted by molar-refractivity contribution is 0.0600. The first-order valence-corrected chi connectivity index (χ1v) is 13.8. The Morgan fingerprint density at radius 2 is 1.90 bits per heavy atom. The van der Waals surface area contributed by atoms with Gasteiger partial charge in [0.05, 0.1) is 31.2 Å². The number of methoxy groups -OCH3 is 2. The number of anilines is 2. The first-order valence-electron chi connectivity index (χ1n) is 12.0. The maximum absolute atomic E-state index is 11.9. The Morgan fingerprint density at radius 1 is 1.00 bits per heavy atom. The van der Waals surface area contributed by atoms with Gasteiger partial charge in [-0.3, -0.25) is 4.90 Å². The van der Waals surface area contributed by atoms with Crippen molar-refractivity contribution < 1.29 is 14.3 Å². The second-order valence-corrected chi connectivity index (χ2v) is 10.6. The minimum atomic E-state index is -0.353. The average molecular weight is 558 g/mol. The van der Waals surface area contributed by atoms with Crippen molar-refractivity contribution >= 4 is 52.2 Å². The van der Waals surface area contributed by atoms with Gasteiger partial charge in [0, 0.05) is 30.2 Å². The molecular weight excluding hydrogens is 534 g/mol. The molecule has 0 amide bonds. The molecule has 2 aromatic carbocycles. The van der Waals surface area contributed by atoms with Crippen molar-refractivity contribution in [2.24, 2.45) is 0 Å². The number of carbonyl (C=O) groups excluding carboxylic acids is 1.